The van der Waals surface area contributed by atoms with Crippen LogP contribution < -0.4 is 10.6 Å². The lowest BCUT2D eigenvalue weighted by Gasteiger charge is -2.07. The molecule has 0 spiro atoms. The summed E-state index contributed by atoms with van der Waals surface area (Å²) in [5, 5.41) is 7.44. The van der Waals surface area contributed by atoms with Gasteiger partial charge in [-0.05, 0) is 48.7 Å². The number of carbonyl (C=O) groups is 2. The second-order valence-corrected chi connectivity index (χ2v) is 5.80. The second-order valence-electron chi connectivity index (χ2n) is 4.85. The van der Waals surface area contributed by atoms with Crippen molar-refractivity contribution in [3.63, 3.8) is 0 Å². The topological polar surface area (TPSA) is 71.3 Å². The van der Waals surface area contributed by atoms with Crippen molar-refractivity contribution in [3.8, 4) is 0 Å². The molecule has 0 aliphatic heterocycles. The first-order chi connectivity index (χ1) is 11.1. The van der Waals surface area contributed by atoms with E-state index in [4.69, 9.17) is 4.42 Å². The van der Waals surface area contributed by atoms with E-state index in [1.54, 1.807) is 43.3 Å². The maximum atomic E-state index is 12.1. The fourth-order valence-electron chi connectivity index (χ4n) is 2.06. The molecule has 23 heavy (non-hydrogen) atoms. The number of aryl methyl sites for hydroxylation is 1. The Bertz CT molecular complexity index is 820. The molecule has 3 aromatic rings. The van der Waals surface area contributed by atoms with Crippen LogP contribution >= 0.6 is 11.3 Å². The summed E-state index contributed by atoms with van der Waals surface area (Å²) >= 11 is 1.38. The Morgan fingerprint density at radius 3 is 2.13 bits per heavy atom. The van der Waals surface area contributed by atoms with E-state index in [1.165, 1.54) is 17.6 Å². The van der Waals surface area contributed by atoms with Crippen LogP contribution in [0.2, 0.25) is 0 Å². The minimum Gasteiger partial charge on any atom is -0.469 e. The summed E-state index contributed by atoms with van der Waals surface area (Å²) in [5.41, 5.74) is 1.81. The van der Waals surface area contributed by atoms with Gasteiger partial charge in [-0.25, -0.2) is 0 Å². The molecule has 116 valence electrons. The van der Waals surface area contributed by atoms with Crippen LogP contribution in [0.3, 0.4) is 0 Å². The van der Waals surface area contributed by atoms with E-state index < -0.39 is 0 Å². The van der Waals surface area contributed by atoms with E-state index in [0.29, 0.717) is 27.6 Å². The van der Waals surface area contributed by atoms with Gasteiger partial charge in [0.1, 0.15) is 5.76 Å². The Labute approximate surface area is 136 Å². The molecule has 2 aromatic heterocycles. The molecule has 0 saturated carbocycles. The van der Waals surface area contributed by atoms with Crippen molar-refractivity contribution in [2.75, 3.05) is 10.6 Å². The van der Waals surface area contributed by atoms with Crippen molar-refractivity contribution in [3.05, 3.63) is 70.3 Å². The molecule has 0 saturated heterocycles. The number of carbonyl (C=O) groups excluding carboxylic acids is 2. The molecule has 0 unspecified atom stereocenters. The number of amides is 2. The number of thiophene rings is 1. The number of benzene rings is 1. The smallest absolute Gasteiger partial charge is 0.265 e. The largest absolute Gasteiger partial charge is 0.469 e. The molecule has 0 atom stereocenters. The van der Waals surface area contributed by atoms with E-state index in [1.807, 2.05) is 11.4 Å². The predicted octanol–water partition coefficient (Wildman–Crippen LogP) is 4.15. The van der Waals surface area contributed by atoms with Gasteiger partial charge in [0.15, 0.2) is 0 Å². The Morgan fingerprint density at radius 1 is 0.957 bits per heavy atom. The first kappa shape index (κ1) is 15.1. The first-order valence-corrected chi connectivity index (χ1v) is 7.82. The van der Waals surface area contributed by atoms with Gasteiger partial charge in [-0.3, -0.25) is 9.59 Å². The summed E-state index contributed by atoms with van der Waals surface area (Å²) < 4.78 is 5.11. The summed E-state index contributed by atoms with van der Waals surface area (Å²) in [6.07, 6.45) is 1.48. The highest BCUT2D eigenvalue weighted by atomic mass is 32.1. The van der Waals surface area contributed by atoms with Crippen LogP contribution in [0.1, 0.15) is 25.8 Å². The number of anilines is 2. The third kappa shape index (κ3) is 3.49. The van der Waals surface area contributed by atoms with E-state index in [0.717, 1.165) is 0 Å². The van der Waals surface area contributed by atoms with Gasteiger partial charge in [0.2, 0.25) is 0 Å². The fourth-order valence-corrected chi connectivity index (χ4v) is 2.68. The van der Waals surface area contributed by atoms with Crippen molar-refractivity contribution >= 4 is 34.5 Å². The minimum absolute atomic E-state index is 0.147. The van der Waals surface area contributed by atoms with Gasteiger partial charge in [0.05, 0.1) is 16.7 Å². The third-order valence-electron chi connectivity index (χ3n) is 3.25. The number of nitrogens with one attached hydrogen (secondary N) is 2. The number of hydrogen-bond donors (Lipinski definition) is 2. The molecule has 0 aliphatic carbocycles. The second kappa shape index (κ2) is 6.50. The van der Waals surface area contributed by atoms with Crippen LogP contribution in [0.25, 0.3) is 0 Å². The maximum Gasteiger partial charge on any atom is 0.265 e. The summed E-state index contributed by atoms with van der Waals surface area (Å²) in [4.78, 5) is 24.7. The lowest BCUT2D eigenvalue weighted by Crippen LogP contribution is -2.12. The van der Waals surface area contributed by atoms with Gasteiger partial charge in [-0.1, -0.05) is 6.07 Å². The number of rotatable bonds is 4. The maximum absolute atomic E-state index is 12.1. The molecule has 2 heterocycles. The zero-order chi connectivity index (χ0) is 16.2. The van der Waals surface area contributed by atoms with Crippen LogP contribution in [0, 0.1) is 6.92 Å². The van der Waals surface area contributed by atoms with Crippen molar-refractivity contribution in [2.45, 2.75) is 6.92 Å². The zero-order valence-corrected chi connectivity index (χ0v) is 13.1. The highest BCUT2D eigenvalue weighted by molar-refractivity contribution is 7.12. The molecule has 0 radical (unpaired) electrons. The molecular formula is C17H14N2O3S. The summed E-state index contributed by atoms with van der Waals surface area (Å²) in [6, 6.07) is 12.2. The van der Waals surface area contributed by atoms with E-state index in [2.05, 4.69) is 10.6 Å². The average Bonchev–Trinajstić information content (AvgIpc) is 3.20. The van der Waals surface area contributed by atoms with E-state index in [-0.39, 0.29) is 11.8 Å². The predicted molar refractivity (Wildman–Crippen MR) is 90.1 cm³/mol. The summed E-state index contributed by atoms with van der Waals surface area (Å²) in [6.45, 7) is 1.73. The molecule has 3 rings (SSSR count). The molecule has 2 amide bonds. The fraction of sp³-hybridized carbons (Fsp3) is 0.0588. The van der Waals surface area contributed by atoms with Gasteiger partial charge in [-0.15, -0.1) is 11.3 Å². The molecule has 5 nitrogen and oxygen atoms in total. The van der Waals surface area contributed by atoms with Crippen LogP contribution in [-0.2, 0) is 0 Å². The molecule has 2 N–H and O–H groups in total. The highest BCUT2D eigenvalue weighted by Gasteiger charge is 2.12. The molecule has 0 aliphatic rings. The van der Waals surface area contributed by atoms with Crippen molar-refractivity contribution in [1.29, 1.82) is 0 Å². The molecule has 0 fully saturated rings. The lowest BCUT2D eigenvalue weighted by atomic mass is 10.2. The van der Waals surface area contributed by atoms with Crippen LogP contribution in [0.4, 0.5) is 11.4 Å². The third-order valence-corrected chi connectivity index (χ3v) is 4.12. The van der Waals surface area contributed by atoms with Gasteiger partial charge in [-0.2, -0.15) is 0 Å². The van der Waals surface area contributed by atoms with Crippen LogP contribution in [0.5, 0.6) is 0 Å². The van der Waals surface area contributed by atoms with Crippen LogP contribution in [-0.4, -0.2) is 11.8 Å². The van der Waals surface area contributed by atoms with E-state index in [9.17, 15) is 9.59 Å². The van der Waals surface area contributed by atoms with Gasteiger partial charge < -0.3 is 15.1 Å². The van der Waals surface area contributed by atoms with Gasteiger partial charge >= 0.3 is 0 Å². The standard InChI is InChI=1S/C17H14N2O3S/c1-11-14(8-9-22-11)16(20)18-12-4-6-13(7-5-12)19-17(21)15-3-2-10-23-15/h2-10H,1H3,(H,18,20)(H,19,21). The Kier molecular flexibility index (Phi) is 4.25. The number of furan rings is 1. The Balaban J connectivity index is 1.64. The van der Waals surface area contributed by atoms with Crippen molar-refractivity contribution in [2.24, 2.45) is 0 Å². The van der Waals surface area contributed by atoms with Gasteiger partial charge in [0.25, 0.3) is 11.8 Å². The van der Waals surface area contributed by atoms with E-state index >= 15 is 0 Å². The monoisotopic (exact) mass is 326 g/mol. The molecule has 0 bridgehead atoms. The van der Waals surface area contributed by atoms with Crippen LogP contribution in [0.15, 0.2) is 58.5 Å². The zero-order valence-electron chi connectivity index (χ0n) is 12.3. The Morgan fingerprint density at radius 2 is 1.61 bits per heavy atom. The Hall–Kier alpha value is -2.86. The highest BCUT2D eigenvalue weighted by Crippen LogP contribution is 2.18. The van der Waals surface area contributed by atoms with Crippen molar-refractivity contribution in [1.82, 2.24) is 0 Å². The lowest BCUT2D eigenvalue weighted by molar-refractivity contribution is 0.101. The molecular weight excluding hydrogens is 312 g/mol. The number of hydrogen-bond acceptors (Lipinski definition) is 4. The molecule has 6 heteroatoms. The first-order valence-electron chi connectivity index (χ1n) is 6.94. The summed E-state index contributed by atoms with van der Waals surface area (Å²) in [5.74, 6) is 0.194. The average molecular weight is 326 g/mol. The van der Waals surface area contributed by atoms with Gasteiger partial charge in [0, 0.05) is 11.4 Å². The van der Waals surface area contributed by atoms with Crippen molar-refractivity contribution < 1.29 is 14.0 Å². The SMILES string of the molecule is Cc1occc1C(=O)Nc1ccc(NC(=O)c2cccs2)cc1. The molecule has 1 aromatic carbocycles. The normalized spacial score (nSPS) is 10.3. The quantitative estimate of drug-likeness (QED) is 0.756. The summed E-state index contributed by atoms with van der Waals surface area (Å²) in [7, 11) is 0. The minimum atomic E-state index is -0.230.